The van der Waals surface area contributed by atoms with Gasteiger partial charge in [0.1, 0.15) is 0 Å². The summed E-state index contributed by atoms with van der Waals surface area (Å²) in [6.07, 6.45) is 7.60. The van der Waals surface area contributed by atoms with Crippen LogP contribution in [0.4, 0.5) is 0 Å². The van der Waals surface area contributed by atoms with E-state index in [1.54, 1.807) is 9.15 Å². The minimum Gasteiger partial charge on any atom is -0.0654 e. The van der Waals surface area contributed by atoms with Crippen LogP contribution in [0.3, 0.4) is 0 Å². The van der Waals surface area contributed by atoms with Crippen molar-refractivity contribution >= 4 is 50.8 Å². The van der Waals surface area contributed by atoms with Crippen LogP contribution in [-0.4, -0.2) is 0 Å². The van der Waals surface area contributed by atoms with Crippen LogP contribution < -0.4 is 0 Å². The maximum atomic E-state index is 2.56. The molecule has 2 heteroatoms. The van der Waals surface area contributed by atoms with Crippen LogP contribution in [0, 0.1) is 3.57 Å². The van der Waals surface area contributed by atoms with E-state index in [9.17, 15) is 0 Å². The number of hydrogen-bond acceptors (Lipinski definition) is 0. The van der Waals surface area contributed by atoms with Crippen LogP contribution in [0.25, 0.3) is 5.57 Å². The molecule has 0 saturated carbocycles. The van der Waals surface area contributed by atoms with E-state index in [-0.39, 0.29) is 0 Å². The summed E-state index contributed by atoms with van der Waals surface area (Å²) in [5.74, 6) is 0. The fourth-order valence-corrected chi connectivity index (χ4v) is 3.61. The van der Waals surface area contributed by atoms with Crippen molar-refractivity contribution in [3.8, 4) is 0 Å². The van der Waals surface area contributed by atoms with Gasteiger partial charge in [0.25, 0.3) is 0 Å². The molecule has 0 aliphatic carbocycles. The third-order valence-corrected chi connectivity index (χ3v) is 5.19. The van der Waals surface area contributed by atoms with Gasteiger partial charge in [0.05, 0.1) is 0 Å². The molecule has 0 spiro atoms. The van der Waals surface area contributed by atoms with Gasteiger partial charge in [-0.05, 0) is 91.6 Å². The largest absolute Gasteiger partial charge is 0.0654 e. The predicted molar refractivity (Wildman–Crippen MR) is 99.1 cm³/mol. The Bertz CT molecular complexity index is 394. The zero-order valence-electron chi connectivity index (χ0n) is 11.3. The Balaban J connectivity index is 3.01. The summed E-state index contributed by atoms with van der Waals surface area (Å²) in [6, 6.07) is 8.78. The van der Waals surface area contributed by atoms with Gasteiger partial charge in [0.15, 0.2) is 0 Å². The topological polar surface area (TPSA) is 0 Å². The molecule has 0 bridgehead atoms. The number of allylic oxidation sites excluding steroid dienone is 2. The van der Waals surface area contributed by atoms with Crippen molar-refractivity contribution in [1.29, 1.82) is 0 Å². The Hall–Kier alpha value is 0.420. The van der Waals surface area contributed by atoms with Crippen molar-refractivity contribution in [2.45, 2.75) is 52.4 Å². The highest BCUT2D eigenvalue weighted by atomic mass is 127. The molecule has 0 N–H and O–H groups in total. The second-order valence-corrected chi connectivity index (χ2v) is 7.03. The minimum absolute atomic E-state index is 1.22. The first kappa shape index (κ1) is 16.5. The molecular weight excluding hydrogens is 446 g/mol. The van der Waals surface area contributed by atoms with E-state index in [0.29, 0.717) is 0 Å². The fourth-order valence-electron chi connectivity index (χ4n) is 1.96. The number of halogens is 2. The van der Waals surface area contributed by atoms with Crippen molar-refractivity contribution in [1.82, 2.24) is 0 Å². The van der Waals surface area contributed by atoms with Crippen LogP contribution in [-0.2, 0) is 0 Å². The summed E-state index contributed by atoms with van der Waals surface area (Å²) >= 11 is 5.02. The Morgan fingerprint density at radius 2 is 1.61 bits per heavy atom. The number of hydrogen-bond donors (Lipinski definition) is 0. The molecule has 0 radical (unpaired) electrons. The van der Waals surface area contributed by atoms with Crippen LogP contribution >= 0.6 is 45.2 Å². The Morgan fingerprint density at radius 3 is 2.22 bits per heavy atom. The van der Waals surface area contributed by atoms with E-state index in [1.165, 1.54) is 47.7 Å². The molecule has 100 valence electrons. The van der Waals surface area contributed by atoms with Crippen molar-refractivity contribution in [3.05, 3.63) is 37.0 Å². The zero-order valence-corrected chi connectivity index (χ0v) is 15.6. The molecule has 1 aromatic carbocycles. The van der Waals surface area contributed by atoms with Gasteiger partial charge in [-0.25, -0.2) is 0 Å². The van der Waals surface area contributed by atoms with E-state index in [1.807, 2.05) is 0 Å². The van der Waals surface area contributed by atoms with Gasteiger partial charge in [-0.2, -0.15) is 0 Å². The molecule has 1 rings (SSSR count). The summed E-state index contributed by atoms with van der Waals surface area (Å²) in [4.78, 5) is 0. The van der Waals surface area contributed by atoms with Gasteiger partial charge in [-0.15, -0.1) is 0 Å². The SMILES string of the molecule is CCCC/C(I)=C(\CCCC)c1ccccc1I. The number of rotatable bonds is 7. The molecule has 1 aromatic rings. The first-order chi connectivity index (χ1) is 8.70. The lowest BCUT2D eigenvalue weighted by Gasteiger charge is -2.13. The molecule has 0 aliphatic heterocycles. The van der Waals surface area contributed by atoms with E-state index < -0.39 is 0 Å². The smallest absolute Gasteiger partial charge is 0.0205 e. The average Bonchev–Trinajstić information content (AvgIpc) is 2.38. The molecular formula is C16H22I2. The Morgan fingerprint density at radius 1 is 1.00 bits per heavy atom. The highest BCUT2D eigenvalue weighted by Gasteiger charge is 2.09. The zero-order chi connectivity index (χ0) is 13.4. The molecule has 0 aromatic heterocycles. The Labute approximate surface area is 139 Å². The average molecular weight is 468 g/mol. The summed E-state index contributed by atoms with van der Waals surface area (Å²) < 4.78 is 2.94. The van der Waals surface area contributed by atoms with Gasteiger partial charge in [0, 0.05) is 3.57 Å². The van der Waals surface area contributed by atoms with Crippen LogP contribution in [0.15, 0.2) is 27.8 Å². The summed E-state index contributed by atoms with van der Waals surface area (Å²) in [5.41, 5.74) is 3.03. The summed E-state index contributed by atoms with van der Waals surface area (Å²) in [6.45, 7) is 4.54. The van der Waals surface area contributed by atoms with Crippen LogP contribution in [0.2, 0.25) is 0 Å². The van der Waals surface area contributed by atoms with E-state index in [4.69, 9.17) is 0 Å². The normalized spacial score (nSPS) is 12.4. The van der Waals surface area contributed by atoms with Gasteiger partial charge < -0.3 is 0 Å². The molecule has 0 nitrogen and oxygen atoms in total. The maximum absolute atomic E-state index is 2.56. The number of benzene rings is 1. The summed E-state index contributed by atoms with van der Waals surface area (Å²) in [7, 11) is 0. The lowest BCUT2D eigenvalue weighted by Crippen LogP contribution is -1.92. The predicted octanol–water partition coefficient (Wildman–Crippen LogP) is 6.82. The van der Waals surface area contributed by atoms with E-state index >= 15 is 0 Å². The molecule has 18 heavy (non-hydrogen) atoms. The number of unbranched alkanes of at least 4 members (excludes halogenated alkanes) is 2. The fraction of sp³-hybridized carbons (Fsp3) is 0.500. The second-order valence-electron chi connectivity index (χ2n) is 4.57. The van der Waals surface area contributed by atoms with Gasteiger partial charge >= 0.3 is 0 Å². The first-order valence-corrected chi connectivity index (χ1v) is 8.98. The standard InChI is InChI=1S/C16H22I2/c1-3-5-9-13(15(17)11-6-4-2)14-10-7-8-12-16(14)18/h7-8,10,12H,3-6,9,11H2,1-2H3/b15-13-. The summed E-state index contributed by atoms with van der Waals surface area (Å²) in [5, 5.41) is 0. The Kier molecular flexibility index (Phi) is 8.55. The lowest BCUT2D eigenvalue weighted by atomic mass is 9.98. The monoisotopic (exact) mass is 468 g/mol. The maximum Gasteiger partial charge on any atom is 0.0205 e. The minimum atomic E-state index is 1.22. The second kappa shape index (κ2) is 9.34. The molecule has 0 aliphatic rings. The highest BCUT2D eigenvalue weighted by molar-refractivity contribution is 14.1. The molecule has 0 fully saturated rings. The molecule has 0 unspecified atom stereocenters. The quantitative estimate of drug-likeness (QED) is 0.386. The van der Waals surface area contributed by atoms with Gasteiger partial charge in [0.2, 0.25) is 0 Å². The van der Waals surface area contributed by atoms with Gasteiger partial charge in [-0.1, -0.05) is 44.9 Å². The van der Waals surface area contributed by atoms with Crippen molar-refractivity contribution in [3.63, 3.8) is 0 Å². The highest BCUT2D eigenvalue weighted by Crippen LogP contribution is 2.33. The van der Waals surface area contributed by atoms with Crippen LogP contribution in [0.1, 0.15) is 57.9 Å². The molecule has 0 atom stereocenters. The molecule has 0 heterocycles. The molecule has 0 saturated heterocycles. The van der Waals surface area contributed by atoms with E-state index in [0.717, 1.165) is 0 Å². The third-order valence-electron chi connectivity index (χ3n) is 3.06. The van der Waals surface area contributed by atoms with Gasteiger partial charge in [-0.3, -0.25) is 0 Å². The molecule has 0 amide bonds. The first-order valence-electron chi connectivity index (χ1n) is 6.83. The van der Waals surface area contributed by atoms with Crippen LogP contribution in [0.5, 0.6) is 0 Å². The van der Waals surface area contributed by atoms with Crippen molar-refractivity contribution in [2.24, 2.45) is 0 Å². The lowest BCUT2D eigenvalue weighted by molar-refractivity contribution is 0.798. The van der Waals surface area contributed by atoms with Crippen molar-refractivity contribution < 1.29 is 0 Å². The third kappa shape index (κ3) is 5.19. The van der Waals surface area contributed by atoms with Crippen molar-refractivity contribution in [2.75, 3.05) is 0 Å². The van der Waals surface area contributed by atoms with E-state index in [2.05, 4.69) is 83.3 Å².